The lowest BCUT2D eigenvalue weighted by atomic mass is 9.98. The van der Waals surface area contributed by atoms with Crippen molar-refractivity contribution < 1.29 is 9.47 Å². The zero-order valence-corrected chi connectivity index (χ0v) is 34.3. The molecule has 0 spiro atoms. The number of rotatable bonds is 33. The van der Waals surface area contributed by atoms with Crippen LogP contribution in [0.1, 0.15) is 213 Å². The molecule has 9 unspecified atom stereocenters. The van der Waals surface area contributed by atoms with Gasteiger partial charge >= 0.3 is 0 Å². The molecule has 1 saturated heterocycles. The lowest BCUT2D eigenvalue weighted by Crippen LogP contribution is -2.31. The Morgan fingerprint density at radius 2 is 0.840 bits per heavy atom. The fourth-order valence-electron chi connectivity index (χ4n) is 10.5. The summed E-state index contributed by atoms with van der Waals surface area (Å²) < 4.78 is 13.3. The van der Waals surface area contributed by atoms with Gasteiger partial charge in [-0.1, -0.05) is 142 Å². The molecule has 0 amide bonds. The summed E-state index contributed by atoms with van der Waals surface area (Å²) in [5.74, 6) is 8.64. The maximum Gasteiger partial charge on any atom is 0.168 e. The monoisotopic (exact) mass is 698 g/mol. The Labute approximate surface area is 312 Å². The van der Waals surface area contributed by atoms with Crippen molar-refractivity contribution in [2.45, 2.75) is 225 Å². The fourth-order valence-corrected chi connectivity index (χ4v) is 10.5. The number of unbranched alkanes of at least 4 members (excludes halogenated alkanes) is 14. The van der Waals surface area contributed by atoms with Crippen LogP contribution in [-0.2, 0) is 9.47 Å². The molecule has 50 heavy (non-hydrogen) atoms. The van der Waals surface area contributed by atoms with Crippen molar-refractivity contribution in [3.05, 3.63) is 0 Å². The van der Waals surface area contributed by atoms with Crippen molar-refractivity contribution in [2.24, 2.45) is 47.3 Å². The van der Waals surface area contributed by atoms with Crippen molar-refractivity contribution in [1.29, 1.82) is 0 Å². The van der Waals surface area contributed by atoms with Crippen LogP contribution in [0.25, 0.3) is 0 Å². The second-order valence-electron chi connectivity index (χ2n) is 19.4. The highest BCUT2D eigenvalue weighted by atomic mass is 16.7. The smallest absolute Gasteiger partial charge is 0.168 e. The minimum absolute atomic E-state index is 0.286. The molecule has 3 heteroatoms. The number of hydrogen-bond acceptors (Lipinski definition) is 3. The zero-order chi connectivity index (χ0) is 35.0. The highest BCUT2D eigenvalue weighted by Crippen LogP contribution is 2.55. The van der Waals surface area contributed by atoms with Gasteiger partial charge in [-0.05, 0) is 119 Å². The summed E-state index contributed by atoms with van der Waals surface area (Å²) in [4.78, 5) is 2.28. The van der Waals surface area contributed by atoms with Gasteiger partial charge in [0.1, 0.15) is 0 Å². The first-order chi connectivity index (χ1) is 24.5. The minimum atomic E-state index is -0.286. The summed E-state index contributed by atoms with van der Waals surface area (Å²) in [6.45, 7) is 6.57. The molecule has 0 N–H and O–H groups in total. The third-order valence-electron chi connectivity index (χ3n) is 14.4. The molecule has 0 radical (unpaired) electrons. The van der Waals surface area contributed by atoms with Gasteiger partial charge in [-0.15, -0.1) is 0 Å². The van der Waals surface area contributed by atoms with Crippen molar-refractivity contribution in [2.75, 3.05) is 27.2 Å². The minimum Gasteiger partial charge on any atom is -0.347 e. The molecule has 4 saturated carbocycles. The Hall–Kier alpha value is -0.120. The Balaban J connectivity index is 0.846. The molecule has 5 aliphatic rings. The number of nitrogens with zero attached hydrogens (tertiary/aromatic N) is 1. The summed E-state index contributed by atoms with van der Waals surface area (Å²) in [6, 6.07) is 0. The van der Waals surface area contributed by atoms with E-state index in [-0.39, 0.29) is 11.9 Å². The first kappa shape index (κ1) is 41.1. The van der Waals surface area contributed by atoms with Crippen LogP contribution in [0.15, 0.2) is 0 Å². The van der Waals surface area contributed by atoms with Crippen molar-refractivity contribution in [3.63, 3.8) is 0 Å². The Kier molecular flexibility index (Phi) is 18.3. The maximum absolute atomic E-state index is 6.75. The normalized spacial score (nSPS) is 34.1. The van der Waals surface area contributed by atoms with E-state index in [9.17, 15) is 0 Å². The molecule has 3 nitrogen and oxygen atoms in total. The fraction of sp³-hybridized carbons (Fsp3) is 1.00. The Morgan fingerprint density at radius 1 is 0.460 bits per heavy atom. The van der Waals surface area contributed by atoms with Crippen LogP contribution in [-0.4, -0.2) is 44.0 Å². The van der Waals surface area contributed by atoms with Crippen LogP contribution in [0, 0.1) is 47.3 Å². The van der Waals surface area contributed by atoms with Gasteiger partial charge in [0.25, 0.3) is 0 Å². The van der Waals surface area contributed by atoms with Crippen molar-refractivity contribution in [3.8, 4) is 0 Å². The lowest BCUT2D eigenvalue weighted by Gasteiger charge is -2.29. The van der Waals surface area contributed by atoms with Crippen LogP contribution in [0.4, 0.5) is 0 Å². The Morgan fingerprint density at radius 3 is 1.24 bits per heavy atom. The van der Waals surface area contributed by atoms with E-state index < -0.39 is 0 Å². The van der Waals surface area contributed by atoms with Crippen LogP contribution in [0.2, 0.25) is 0 Å². The van der Waals surface area contributed by atoms with Gasteiger partial charge in [0.05, 0.1) is 12.7 Å². The SMILES string of the molecule is CCCCCC1CC1CC1CC1CCCCCCCCC1(CCCCCCCCC2CC2CC2CC2CCCCC)OCC(CCN(C)C)O1. The summed E-state index contributed by atoms with van der Waals surface area (Å²) in [6.07, 6.45) is 44.6. The first-order valence-electron chi connectivity index (χ1n) is 23.4. The molecular weight excluding hydrogens is 611 g/mol. The lowest BCUT2D eigenvalue weighted by molar-refractivity contribution is -0.180. The van der Waals surface area contributed by atoms with E-state index in [4.69, 9.17) is 9.47 Å². The molecule has 0 aromatic carbocycles. The quantitative estimate of drug-likeness (QED) is 0.0637. The summed E-state index contributed by atoms with van der Waals surface area (Å²) in [5.41, 5.74) is 0. The van der Waals surface area contributed by atoms with Crippen LogP contribution in [0.5, 0.6) is 0 Å². The molecule has 5 rings (SSSR count). The van der Waals surface area contributed by atoms with Gasteiger partial charge in [-0.2, -0.15) is 0 Å². The van der Waals surface area contributed by atoms with Crippen molar-refractivity contribution in [1.82, 2.24) is 4.90 Å². The van der Waals surface area contributed by atoms with Crippen LogP contribution in [0.3, 0.4) is 0 Å². The molecule has 0 aromatic heterocycles. The third kappa shape index (κ3) is 15.7. The van der Waals surface area contributed by atoms with Gasteiger partial charge in [-0.3, -0.25) is 0 Å². The van der Waals surface area contributed by atoms with E-state index >= 15 is 0 Å². The molecule has 1 aliphatic heterocycles. The Bertz CT molecular complexity index is 832. The van der Waals surface area contributed by atoms with Crippen molar-refractivity contribution >= 4 is 0 Å². The molecule has 5 fully saturated rings. The van der Waals surface area contributed by atoms with E-state index in [0.717, 1.165) is 79.8 Å². The molecule has 0 aromatic rings. The highest BCUT2D eigenvalue weighted by molar-refractivity contribution is 4.96. The topological polar surface area (TPSA) is 21.7 Å². The molecule has 0 bridgehead atoms. The summed E-state index contributed by atoms with van der Waals surface area (Å²) >= 11 is 0. The molecule has 9 atom stereocenters. The molecular formula is C47H87NO2. The van der Waals surface area contributed by atoms with E-state index in [0.29, 0.717) is 0 Å². The van der Waals surface area contributed by atoms with E-state index in [1.807, 2.05) is 0 Å². The second-order valence-corrected chi connectivity index (χ2v) is 19.4. The molecule has 4 aliphatic carbocycles. The average molecular weight is 698 g/mol. The second kappa shape index (κ2) is 22.3. The van der Waals surface area contributed by atoms with Gasteiger partial charge in [0.2, 0.25) is 0 Å². The van der Waals surface area contributed by atoms with Gasteiger partial charge in [-0.25, -0.2) is 0 Å². The van der Waals surface area contributed by atoms with Gasteiger partial charge in [0, 0.05) is 19.4 Å². The van der Waals surface area contributed by atoms with Gasteiger partial charge in [0.15, 0.2) is 5.79 Å². The summed E-state index contributed by atoms with van der Waals surface area (Å²) in [5, 5.41) is 0. The maximum atomic E-state index is 6.75. The van der Waals surface area contributed by atoms with E-state index in [1.165, 1.54) is 141 Å². The van der Waals surface area contributed by atoms with Crippen LogP contribution < -0.4 is 0 Å². The van der Waals surface area contributed by atoms with Crippen LogP contribution >= 0.6 is 0 Å². The predicted molar refractivity (Wildman–Crippen MR) is 215 cm³/mol. The largest absolute Gasteiger partial charge is 0.347 e. The first-order valence-corrected chi connectivity index (χ1v) is 23.4. The molecule has 292 valence electrons. The average Bonchev–Trinajstić information content (AvgIpc) is 3.99. The highest BCUT2D eigenvalue weighted by Gasteiger charge is 2.46. The van der Waals surface area contributed by atoms with E-state index in [2.05, 4.69) is 32.8 Å². The zero-order valence-electron chi connectivity index (χ0n) is 34.3. The van der Waals surface area contributed by atoms with E-state index in [1.54, 1.807) is 38.5 Å². The number of ether oxygens (including phenoxy) is 2. The van der Waals surface area contributed by atoms with Gasteiger partial charge < -0.3 is 14.4 Å². The third-order valence-corrected chi connectivity index (χ3v) is 14.4. The molecule has 1 heterocycles. The number of hydrogen-bond donors (Lipinski definition) is 0. The summed E-state index contributed by atoms with van der Waals surface area (Å²) in [7, 11) is 4.35. The standard InChI is InChI=1S/C47H87NO2/c1-5-7-17-23-38-31-42(38)35-44-33-40(44)25-19-13-9-11-15-21-28-47(49-37-46(50-47)27-30-48(3)4)29-22-16-12-10-14-20-26-41-34-45(41)36-43-32-39(43)24-18-8-6-2/h38-46H,5-37H2,1-4H3. The predicted octanol–water partition coefficient (Wildman–Crippen LogP) is 13.8.